The number of carbonyl (C=O) groups is 3. The van der Waals surface area contributed by atoms with E-state index >= 15 is 0 Å². The molecule has 26 heavy (non-hydrogen) atoms. The van der Waals surface area contributed by atoms with Crippen LogP contribution in [0.3, 0.4) is 0 Å². The van der Waals surface area contributed by atoms with Gasteiger partial charge < -0.3 is 27.4 Å². The van der Waals surface area contributed by atoms with Crippen LogP contribution in [0.15, 0.2) is 0 Å². The fourth-order valence-electron chi connectivity index (χ4n) is 1.97. The Labute approximate surface area is 192 Å². The lowest BCUT2D eigenvalue weighted by Gasteiger charge is -2.20. The molecule has 0 radical (unpaired) electrons. The molecule has 0 aliphatic heterocycles. The highest BCUT2D eigenvalue weighted by Gasteiger charge is 2.28. The molecule has 0 saturated carbocycles. The van der Waals surface area contributed by atoms with Gasteiger partial charge in [0.15, 0.2) is 0 Å². The van der Waals surface area contributed by atoms with Gasteiger partial charge in [0, 0.05) is 9.49 Å². The van der Waals surface area contributed by atoms with Crippen LogP contribution in [0.2, 0.25) is 0 Å². The van der Waals surface area contributed by atoms with Gasteiger partial charge in [-0.15, -0.1) is 0 Å². The van der Waals surface area contributed by atoms with Crippen LogP contribution in [-0.4, -0.2) is 31.1 Å². The molecule has 0 spiro atoms. The molecule has 0 saturated heterocycles. The summed E-state index contributed by atoms with van der Waals surface area (Å²) in [5, 5.41) is 7.92. The van der Waals surface area contributed by atoms with Crippen LogP contribution in [0.1, 0.15) is 41.0 Å². The second-order valence-corrected chi connectivity index (χ2v) is 8.52. The van der Waals surface area contributed by atoms with Crippen molar-refractivity contribution >= 4 is 91.2 Å². The third-order valence-corrected chi connectivity index (χ3v) is 6.84. The zero-order valence-electron chi connectivity index (χ0n) is 14.2. The third-order valence-electron chi connectivity index (χ3n) is 3.60. The molecule has 1 unspecified atom stereocenters. The van der Waals surface area contributed by atoms with Crippen LogP contribution >= 0.6 is 67.8 Å². The molecule has 8 nitrogen and oxygen atoms in total. The molecule has 1 rings (SSSR count). The van der Waals surface area contributed by atoms with Crippen molar-refractivity contribution in [2.45, 2.75) is 20.3 Å². The fourth-order valence-corrected chi connectivity index (χ4v) is 6.38. The van der Waals surface area contributed by atoms with E-state index in [-0.39, 0.29) is 25.2 Å². The molecule has 3 amide bonds. The number of carbonyl (C=O) groups excluding carboxylic acids is 3. The largest absolute Gasteiger partial charge is 0.340 e. The Morgan fingerprint density at radius 3 is 1.69 bits per heavy atom. The van der Waals surface area contributed by atoms with Crippen LogP contribution in [0.5, 0.6) is 0 Å². The highest BCUT2D eigenvalue weighted by molar-refractivity contribution is 14.1. The maximum atomic E-state index is 12.5. The quantitative estimate of drug-likeness (QED) is 0.218. The molecule has 0 aromatic heterocycles. The van der Waals surface area contributed by atoms with E-state index < -0.39 is 11.8 Å². The Hall–Kier alpha value is -0.260. The molecular weight excluding hydrogens is 679 g/mol. The number of benzene rings is 1. The number of hydrogen-bond acceptors (Lipinski definition) is 5. The molecule has 0 aliphatic carbocycles. The van der Waals surface area contributed by atoms with Crippen LogP contribution in [0, 0.1) is 16.6 Å². The molecule has 1 atom stereocenters. The molecule has 144 valence electrons. The Balaban J connectivity index is 3.64. The van der Waals surface area contributed by atoms with Gasteiger partial charge in [-0.2, -0.15) is 0 Å². The first-order valence-corrected chi connectivity index (χ1v) is 10.9. The lowest BCUT2D eigenvalue weighted by atomic mass is 10.1. The van der Waals surface area contributed by atoms with E-state index in [9.17, 15) is 14.4 Å². The van der Waals surface area contributed by atoms with E-state index in [4.69, 9.17) is 11.5 Å². The standard InChI is InChI=1S/C15H20I3N5O3/c1-3-6(2)13(24)23-12-10(17)7(14(25)21-4-19)9(16)8(11(12)18)15(26)22-5-20/h6H,3-5,19-20H2,1-2H3,(H,21,25)(H,22,26)(H,23,24). The number of rotatable bonds is 7. The monoisotopic (exact) mass is 699 g/mol. The molecule has 0 fully saturated rings. The van der Waals surface area contributed by atoms with Gasteiger partial charge in [-0.1, -0.05) is 13.8 Å². The molecule has 0 heterocycles. The summed E-state index contributed by atoms with van der Waals surface area (Å²) in [5.74, 6) is -1.22. The summed E-state index contributed by atoms with van der Waals surface area (Å²) in [4.78, 5) is 37.4. The Morgan fingerprint density at radius 2 is 1.35 bits per heavy atom. The first-order valence-electron chi connectivity index (χ1n) is 7.68. The summed E-state index contributed by atoms with van der Waals surface area (Å²) in [6, 6.07) is 0. The van der Waals surface area contributed by atoms with Crippen molar-refractivity contribution in [1.82, 2.24) is 10.6 Å². The molecule has 7 N–H and O–H groups in total. The summed E-state index contributed by atoms with van der Waals surface area (Å²) in [6.45, 7) is 3.63. The van der Waals surface area contributed by atoms with Crippen LogP contribution in [-0.2, 0) is 4.79 Å². The molecular formula is C15H20I3N5O3. The zero-order chi connectivity index (χ0) is 20.0. The summed E-state index contributed by atoms with van der Waals surface area (Å²) in [5.41, 5.74) is 11.8. The molecule has 1 aromatic carbocycles. The van der Waals surface area contributed by atoms with Crippen molar-refractivity contribution in [3.05, 3.63) is 21.8 Å². The lowest BCUT2D eigenvalue weighted by Crippen LogP contribution is -2.34. The predicted molar refractivity (Wildman–Crippen MR) is 126 cm³/mol. The SMILES string of the molecule is CCC(C)C(=O)Nc1c(I)c(C(=O)NCN)c(I)c(C(=O)NCN)c1I. The lowest BCUT2D eigenvalue weighted by molar-refractivity contribution is -0.119. The maximum Gasteiger partial charge on any atom is 0.254 e. The highest BCUT2D eigenvalue weighted by Crippen LogP contribution is 2.36. The minimum absolute atomic E-state index is 0.0458. The smallest absolute Gasteiger partial charge is 0.254 e. The minimum Gasteiger partial charge on any atom is -0.340 e. The molecule has 0 aliphatic rings. The average molecular weight is 699 g/mol. The van der Waals surface area contributed by atoms with Gasteiger partial charge >= 0.3 is 0 Å². The van der Waals surface area contributed by atoms with Crippen LogP contribution in [0.4, 0.5) is 5.69 Å². The number of halogens is 3. The molecule has 1 aromatic rings. The van der Waals surface area contributed by atoms with Crippen molar-refractivity contribution < 1.29 is 14.4 Å². The van der Waals surface area contributed by atoms with Crippen LogP contribution < -0.4 is 27.4 Å². The van der Waals surface area contributed by atoms with Crippen LogP contribution in [0.25, 0.3) is 0 Å². The number of anilines is 1. The summed E-state index contributed by atoms with van der Waals surface area (Å²) in [7, 11) is 0. The fraction of sp³-hybridized carbons (Fsp3) is 0.400. The van der Waals surface area contributed by atoms with Gasteiger partial charge in [0.05, 0.1) is 37.3 Å². The zero-order valence-corrected chi connectivity index (χ0v) is 20.7. The van der Waals surface area contributed by atoms with Crippen molar-refractivity contribution in [3.8, 4) is 0 Å². The first-order chi connectivity index (χ1) is 12.2. The molecule has 0 bridgehead atoms. The second kappa shape index (κ2) is 10.9. The van der Waals surface area contributed by atoms with E-state index in [0.29, 0.717) is 33.9 Å². The number of nitrogens with one attached hydrogen (secondary N) is 3. The number of amides is 3. The Bertz CT molecular complexity index is 682. The summed E-state index contributed by atoms with van der Waals surface area (Å²) < 4.78 is 1.56. The maximum absolute atomic E-state index is 12.5. The van der Waals surface area contributed by atoms with Crippen molar-refractivity contribution in [2.24, 2.45) is 17.4 Å². The Kier molecular flexibility index (Phi) is 9.98. The van der Waals surface area contributed by atoms with Crippen molar-refractivity contribution in [3.63, 3.8) is 0 Å². The van der Waals surface area contributed by atoms with Gasteiger partial charge in [-0.25, -0.2) is 0 Å². The van der Waals surface area contributed by atoms with E-state index in [0.717, 1.165) is 0 Å². The Morgan fingerprint density at radius 1 is 0.923 bits per heavy atom. The van der Waals surface area contributed by atoms with Gasteiger partial charge in [0.1, 0.15) is 0 Å². The van der Waals surface area contributed by atoms with Crippen molar-refractivity contribution in [1.29, 1.82) is 0 Å². The first kappa shape index (κ1) is 23.8. The minimum atomic E-state index is -0.418. The van der Waals surface area contributed by atoms with E-state index in [1.54, 1.807) is 0 Å². The van der Waals surface area contributed by atoms with Gasteiger partial charge in [0.25, 0.3) is 11.8 Å². The normalized spacial score (nSPS) is 11.7. The van der Waals surface area contributed by atoms with E-state index in [2.05, 4.69) is 16.0 Å². The predicted octanol–water partition coefficient (Wildman–Crippen LogP) is 1.78. The van der Waals surface area contributed by atoms with E-state index in [1.165, 1.54) is 0 Å². The van der Waals surface area contributed by atoms with Gasteiger partial charge in [0.2, 0.25) is 5.91 Å². The van der Waals surface area contributed by atoms with Gasteiger partial charge in [-0.05, 0) is 74.2 Å². The topological polar surface area (TPSA) is 139 Å². The second-order valence-electron chi connectivity index (χ2n) is 5.29. The molecule has 11 heteroatoms. The van der Waals surface area contributed by atoms with E-state index in [1.807, 2.05) is 81.6 Å². The van der Waals surface area contributed by atoms with Crippen molar-refractivity contribution in [2.75, 3.05) is 18.7 Å². The number of hydrogen-bond donors (Lipinski definition) is 5. The number of nitrogens with two attached hydrogens (primary N) is 2. The third kappa shape index (κ3) is 5.39. The van der Waals surface area contributed by atoms with Gasteiger partial charge in [-0.3, -0.25) is 14.4 Å². The highest BCUT2D eigenvalue weighted by atomic mass is 127. The average Bonchev–Trinajstić information content (AvgIpc) is 2.58. The summed E-state index contributed by atoms with van der Waals surface area (Å²) >= 11 is 5.94. The summed E-state index contributed by atoms with van der Waals surface area (Å²) in [6.07, 6.45) is 0.671.